The lowest BCUT2D eigenvalue weighted by Crippen LogP contribution is -2.33. The molecule has 0 amide bonds. The van der Waals surface area contributed by atoms with Crippen molar-refractivity contribution < 1.29 is 28.7 Å². The van der Waals surface area contributed by atoms with Crippen molar-refractivity contribution in [1.29, 1.82) is 0 Å². The molecule has 0 saturated heterocycles. The van der Waals surface area contributed by atoms with Gasteiger partial charge in [0, 0.05) is 15.6 Å². The molecule has 0 spiro atoms. The van der Waals surface area contributed by atoms with Crippen LogP contribution in [0.2, 0.25) is 0 Å². The minimum atomic E-state index is -1.82. The lowest BCUT2D eigenvalue weighted by molar-refractivity contribution is 0.112. The summed E-state index contributed by atoms with van der Waals surface area (Å²) in [6.07, 6.45) is 0.473. The van der Waals surface area contributed by atoms with Crippen molar-refractivity contribution in [3.8, 4) is 11.5 Å². The third-order valence-electron chi connectivity index (χ3n) is 3.17. The van der Waals surface area contributed by atoms with Gasteiger partial charge in [0.05, 0.1) is 7.11 Å². The van der Waals surface area contributed by atoms with Crippen molar-refractivity contribution in [3.63, 3.8) is 0 Å². The third kappa shape index (κ3) is 4.10. The minimum Gasteiger partial charge on any atom is -0.493 e. The smallest absolute Gasteiger partial charge is 0.489 e. The van der Waals surface area contributed by atoms with Gasteiger partial charge in [0.15, 0.2) is 11.5 Å². The standard InChI is InChI=1S/C15H13BBrFO5/c1-22-14-6-12(16(20)21)9(7-19)5-15(14)23-8-10-4-11(17)2-3-13(10)18/h2-7,20-21H,8H2,1H3. The molecule has 0 aromatic heterocycles. The third-order valence-corrected chi connectivity index (χ3v) is 3.66. The number of carbonyl (C=O) groups excluding carboxylic acids is 1. The Labute approximate surface area is 140 Å². The van der Waals surface area contributed by atoms with E-state index in [1.807, 2.05) is 0 Å². The summed E-state index contributed by atoms with van der Waals surface area (Å²) in [4.78, 5) is 11.1. The number of halogens is 2. The fourth-order valence-electron chi connectivity index (χ4n) is 2.00. The highest BCUT2D eigenvalue weighted by Crippen LogP contribution is 2.28. The molecule has 0 aliphatic rings. The van der Waals surface area contributed by atoms with Gasteiger partial charge in [-0.05, 0) is 35.8 Å². The van der Waals surface area contributed by atoms with Crippen molar-refractivity contribution in [2.45, 2.75) is 6.61 Å². The Balaban J connectivity index is 2.32. The normalized spacial score (nSPS) is 10.3. The summed E-state index contributed by atoms with van der Waals surface area (Å²) in [6.45, 7) is -0.0824. The van der Waals surface area contributed by atoms with Gasteiger partial charge in [0.1, 0.15) is 18.7 Å². The van der Waals surface area contributed by atoms with Crippen molar-refractivity contribution in [2.75, 3.05) is 7.11 Å². The molecule has 5 nitrogen and oxygen atoms in total. The van der Waals surface area contributed by atoms with Crippen LogP contribution in [0.25, 0.3) is 0 Å². The molecule has 2 aromatic rings. The van der Waals surface area contributed by atoms with Crippen LogP contribution in [0.4, 0.5) is 4.39 Å². The van der Waals surface area contributed by atoms with E-state index in [2.05, 4.69) is 15.9 Å². The molecule has 0 aliphatic carbocycles. The number of benzene rings is 2. The number of hydrogen-bond acceptors (Lipinski definition) is 5. The Bertz CT molecular complexity index is 723. The zero-order chi connectivity index (χ0) is 17.0. The molecule has 0 atom stereocenters. The van der Waals surface area contributed by atoms with Crippen molar-refractivity contribution in [2.24, 2.45) is 0 Å². The SMILES string of the molecule is COc1cc(B(O)O)c(C=O)cc1OCc1cc(Br)ccc1F. The fraction of sp³-hybridized carbons (Fsp3) is 0.133. The van der Waals surface area contributed by atoms with E-state index in [-0.39, 0.29) is 29.1 Å². The first-order chi connectivity index (χ1) is 11.0. The second-order valence-electron chi connectivity index (χ2n) is 4.65. The number of hydrogen-bond donors (Lipinski definition) is 2. The second-order valence-corrected chi connectivity index (χ2v) is 5.56. The van der Waals surface area contributed by atoms with Gasteiger partial charge in [-0.2, -0.15) is 0 Å². The summed E-state index contributed by atoms with van der Waals surface area (Å²) in [7, 11) is -0.448. The molecule has 23 heavy (non-hydrogen) atoms. The van der Waals surface area contributed by atoms with Gasteiger partial charge < -0.3 is 19.5 Å². The molecule has 0 bridgehead atoms. The first-order valence-electron chi connectivity index (χ1n) is 6.56. The van der Waals surface area contributed by atoms with Crippen LogP contribution in [0, 0.1) is 5.82 Å². The van der Waals surface area contributed by atoms with Crippen LogP contribution in [0.3, 0.4) is 0 Å². The summed E-state index contributed by atoms with van der Waals surface area (Å²) in [5.74, 6) is -0.0299. The van der Waals surface area contributed by atoms with Crippen molar-refractivity contribution in [1.82, 2.24) is 0 Å². The Hall–Kier alpha value is -1.90. The van der Waals surface area contributed by atoms with Crippen LogP contribution in [0.5, 0.6) is 11.5 Å². The van der Waals surface area contributed by atoms with Gasteiger partial charge in [0.2, 0.25) is 0 Å². The highest BCUT2D eigenvalue weighted by atomic mass is 79.9. The maximum atomic E-state index is 13.7. The number of methoxy groups -OCH3 is 1. The van der Waals surface area contributed by atoms with Gasteiger partial charge in [-0.1, -0.05) is 15.9 Å². The van der Waals surface area contributed by atoms with Gasteiger partial charge in [0.25, 0.3) is 0 Å². The van der Waals surface area contributed by atoms with E-state index in [9.17, 15) is 19.2 Å². The van der Waals surface area contributed by atoms with E-state index in [0.717, 1.165) is 0 Å². The summed E-state index contributed by atoms with van der Waals surface area (Å²) >= 11 is 3.25. The number of aldehydes is 1. The monoisotopic (exact) mass is 382 g/mol. The maximum absolute atomic E-state index is 13.7. The molecule has 8 heteroatoms. The molecule has 2 rings (SSSR count). The largest absolute Gasteiger partial charge is 0.493 e. The van der Waals surface area contributed by atoms with E-state index in [1.54, 1.807) is 12.1 Å². The predicted molar refractivity (Wildman–Crippen MR) is 86.6 cm³/mol. The minimum absolute atomic E-state index is 0.00200. The lowest BCUT2D eigenvalue weighted by Gasteiger charge is -2.14. The molecule has 0 radical (unpaired) electrons. The van der Waals surface area contributed by atoms with Crippen molar-refractivity contribution in [3.05, 3.63) is 51.7 Å². The van der Waals surface area contributed by atoms with Crippen LogP contribution in [-0.4, -0.2) is 30.6 Å². The first kappa shape index (κ1) is 17.5. The summed E-state index contributed by atoms with van der Waals surface area (Å²) in [5, 5.41) is 18.5. The Morgan fingerprint density at radius 1 is 1.26 bits per heavy atom. The van der Waals surface area contributed by atoms with Gasteiger partial charge in [-0.3, -0.25) is 4.79 Å². The molecule has 0 aliphatic heterocycles. The first-order valence-corrected chi connectivity index (χ1v) is 7.35. The average molecular weight is 383 g/mol. The highest BCUT2D eigenvalue weighted by molar-refractivity contribution is 9.10. The van der Waals surface area contributed by atoms with E-state index >= 15 is 0 Å². The molecule has 0 heterocycles. The van der Waals surface area contributed by atoms with Crippen LogP contribution < -0.4 is 14.9 Å². The number of rotatable bonds is 6. The van der Waals surface area contributed by atoms with Crippen LogP contribution in [0.1, 0.15) is 15.9 Å². The van der Waals surface area contributed by atoms with Crippen LogP contribution >= 0.6 is 15.9 Å². The summed E-state index contributed by atoms with van der Waals surface area (Å²) < 4.78 is 25.1. The van der Waals surface area contributed by atoms with Gasteiger partial charge in [-0.25, -0.2) is 4.39 Å². The van der Waals surface area contributed by atoms with E-state index in [1.165, 1.54) is 25.3 Å². The number of carbonyl (C=O) groups is 1. The molecule has 2 N–H and O–H groups in total. The average Bonchev–Trinajstić information content (AvgIpc) is 2.54. The van der Waals surface area contributed by atoms with Crippen molar-refractivity contribution >= 4 is 34.8 Å². The summed E-state index contributed by atoms with van der Waals surface area (Å²) in [6, 6.07) is 7.06. The maximum Gasteiger partial charge on any atom is 0.489 e. The van der Waals surface area contributed by atoms with Crippen LogP contribution in [-0.2, 0) is 6.61 Å². The van der Waals surface area contributed by atoms with E-state index < -0.39 is 12.9 Å². The molecular weight excluding hydrogens is 370 g/mol. The second kappa shape index (κ2) is 7.58. The Morgan fingerprint density at radius 3 is 2.61 bits per heavy atom. The zero-order valence-corrected chi connectivity index (χ0v) is 13.7. The summed E-state index contributed by atoms with van der Waals surface area (Å²) in [5.41, 5.74) is 0.365. The topological polar surface area (TPSA) is 76.0 Å². The fourth-order valence-corrected chi connectivity index (χ4v) is 2.41. The molecule has 120 valence electrons. The van der Waals surface area contributed by atoms with Gasteiger partial charge in [-0.15, -0.1) is 0 Å². The quantitative estimate of drug-likeness (QED) is 0.587. The lowest BCUT2D eigenvalue weighted by atomic mass is 9.77. The molecule has 0 unspecified atom stereocenters. The number of ether oxygens (including phenoxy) is 2. The Kier molecular flexibility index (Phi) is 5.76. The van der Waals surface area contributed by atoms with E-state index in [4.69, 9.17) is 9.47 Å². The molecule has 0 saturated carbocycles. The molecular formula is C15H13BBrFO5. The van der Waals surface area contributed by atoms with Gasteiger partial charge >= 0.3 is 7.12 Å². The van der Waals surface area contributed by atoms with Crippen LogP contribution in [0.15, 0.2) is 34.8 Å². The molecule has 2 aromatic carbocycles. The zero-order valence-electron chi connectivity index (χ0n) is 12.1. The Morgan fingerprint density at radius 2 is 2.00 bits per heavy atom. The highest BCUT2D eigenvalue weighted by Gasteiger charge is 2.20. The predicted octanol–water partition coefficient (Wildman–Crippen LogP) is 1.67. The van der Waals surface area contributed by atoms with E-state index in [0.29, 0.717) is 16.3 Å². The molecule has 0 fully saturated rings.